The maximum absolute atomic E-state index is 13.5. The standard InChI is InChI=1S/C31H29N3O5/c1-22-12-14-26(15-13-22)32-29(35)27-20-33(16-17-34(27)31(37)39-21-23-7-3-2-4-8-23)30(36)25-10-5-9-24(19-25)28-11-6-18-38-28/h2-15,18-19,27H,16-17,20-21H2,1H3,(H,32,35). The summed E-state index contributed by atoms with van der Waals surface area (Å²) < 4.78 is 11.0. The van der Waals surface area contributed by atoms with Gasteiger partial charge in [0.25, 0.3) is 5.91 Å². The number of hydrogen-bond donors (Lipinski definition) is 1. The molecule has 4 aromatic rings. The summed E-state index contributed by atoms with van der Waals surface area (Å²) in [6.07, 6.45) is 0.979. The molecular formula is C31H29N3O5. The number of nitrogens with one attached hydrogen (secondary N) is 1. The van der Waals surface area contributed by atoms with Gasteiger partial charge in [-0.05, 0) is 48.9 Å². The molecule has 3 aromatic carbocycles. The lowest BCUT2D eigenvalue weighted by molar-refractivity contribution is -0.122. The number of rotatable bonds is 6. The van der Waals surface area contributed by atoms with E-state index in [1.807, 2.05) is 61.5 Å². The van der Waals surface area contributed by atoms with Gasteiger partial charge in [0.2, 0.25) is 5.91 Å². The van der Waals surface area contributed by atoms with Crippen LogP contribution in [0.1, 0.15) is 21.5 Å². The minimum Gasteiger partial charge on any atom is -0.464 e. The zero-order valence-corrected chi connectivity index (χ0v) is 21.6. The molecule has 39 heavy (non-hydrogen) atoms. The van der Waals surface area contributed by atoms with E-state index in [1.54, 1.807) is 47.6 Å². The molecule has 0 aliphatic carbocycles. The highest BCUT2D eigenvalue weighted by atomic mass is 16.6. The number of anilines is 1. The molecule has 0 radical (unpaired) electrons. The molecule has 3 amide bonds. The van der Waals surface area contributed by atoms with Crippen LogP contribution >= 0.6 is 0 Å². The van der Waals surface area contributed by atoms with E-state index in [2.05, 4.69) is 5.32 Å². The van der Waals surface area contributed by atoms with Crippen LogP contribution in [0.4, 0.5) is 10.5 Å². The molecule has 8 heteroatoms. The molecule has 1 aliphatic heterocycles. The van der Waals surface area contributed by atoms with Gasteiger partial charge in [-0.3, -0.25) is 14.5 Å². The fraction of sp³-hybridized carbons (Fsp3) is 0.194. The van der Waals surface area contributed by atoms with Crippen LogP contribution < -0.4 is 5.32 Å². The van der Waals surface area contributed by atoms with Crippen LogP contribution in [-0.2, 0) is 16.1 Å². The highest BCUT2D eigenvalue weighted by Crippen LogP contribution is 2.23. The number of hydrogen-bond acceptors (Lipinski definition) is 5. The summed E-state index contributed by atoms with van der Waals surface area (Å²) in [6, 6.07) is 26.6. The van der Waals surface area contributed by atoms with E-state index >= 15 is 0 Å². The largest absolute Gasteiger partial charge is 0.464 e. The summed E-state index contributed by atoms with van der Waals surface area (Å²) in [5, 5.41) is 2.89. The predicted octanol–water partition coefficient (Wildman–Crippen LogP) is 5.36. The third kappa shape index (κ3) is 6.18. The SMILES string of the molecule is Cc1ccc(NC(=O)C2CN(C(=O)c3cccc(-c4ccco4)c3)CCN2C(=O)OCc2ccccc2)cc1. The maximum Gasteiger partial charge on any atom is 0.410 e. The van der Waals surface area contributed by atoms with Crippen molar-refractivity contribution in [2.75, 3.05) is 25.0 Å². The molecule has 8 nitrogen and oxygen atoms in total. The monoisotopic (exact) mass is 523 g/mol. The Labute approximate surface area is 226 Å². The van der Waals surface area contributed by atoms with Crippen molar-refractivity contribution in [3.05, 3.63) is 114 Å². The number of carbonyl (C=O) groups excluding carboxylic acids is 3. The molecule has 1 N–H and O–H groups in total. The summed E-state index contributed by atoms with van der Waals surface area (Å²) >= 11 is 0. The Morgan fingerprint density at radius 2 is 1.72 bits per heavy atom. The average Bonchev–Trinajstić information content (AvgIpc) is 3.52. The van der Waals surface area contributed by atoms with Crippen molar-refractivity contribution in [1.82, 2.24) is 9.80 Å². The van der Waals surface area contributed by atoms with Crippen molar-refractivity contribution in [3.8, 4) is 11.3 Å². The molecule has 5 rings (SSSR count). The van der Waals surface area contributed by atoms with E-state index in [0.717, 1.165) is 16.7 Å². The van der Waals surface area contributed by atoms with Gasteiger partial charge in [-0.25, -0.2) is 4.79 Å². The molecule has 1 saturated heterocycles. The van der Waals surface area contributed by atoms with Gasteiger partial charge in [0.1, 0.15) is 18.4 Å². The van der Waals surface area contributed by atoms with E-state index in [4.69, 9.17) is 9.15 Å². The third-order valence-electron chi connectivity index (χ3n) is 6.64. The van der Waals surface area contributed by atoms with Gasteiger partial charge in [0.05, 0.1) is 12.8 Å². The predicted molar refractivity (Wildman–Crippen MR) is 147 cm³/mol. The molecule has 0 spiro atoms. The summed E-state index contributed by atoms with van der Waals surface area (Å²) in [7, 11) is 0. The number of carbonyl (C=O) groups is 3. The molecule has 1 aromatic heterocycles. The number of ether oxygens (including phenoxy) is 1. The second-order valence-electron chi connectivity index (χ2n) is 9.41. The van der Waals surface area contributed by atoms with Crippen molar-refractivity contribution in [3.63, 3.8) is 0 Å². The normalized spacial score (nSPS) is 15.1. The van der Waals surface area contributed by atoms with Crippen molar-refractivity contribution < 1.29 is 23.5 Å². The summed E-state index contributed by atoms with van der Waals surface area (Å²) in [4.78, 5) is 43.1. The van der Waals surface area contributed by atoms with Crippen LogP contribution in [0.3, 0.4) is 0 Å². The van der Waals surface area contributed by atoms with Gasteiger partial charge in [0.15, 0.2) is 0 Å². The zero-order chi connectivity index (χ0) is 27.2. The Morgan fingerprint density at radius 1 is 0.923 bits per heavy atom. The molecular weight excluding hydrogens is 494 g/mol. The molecule has 0 saturated carbocycles. The molecule has 1 aliphatic rings. The van der Waals surface area contributed by atoms with Gasteiger partial charge < -0.3 is 19.4 Å². The first-order valence-corrected chi connectivity index (χ1v) is 12.8. The van der Waals surface area contributed by atoms with Crippen LogP contribution in [0.25, 0.3) is 11.3 Å². The van der Waals surface area contributed by atoms with E-state index in [-0.39, 0.29) is 32.1 Å². The first kappa shape index (κ1) is 25.8. The minimum absolute atomic E-state index is 0.0297. The quantitative estimate of drug-likeness (QED) is 0.368. The molecule has 1 fully saturated rings. The van der Waals surface area contributed by atoms with Crippen molar-refractivity contribution >= 4 is 23.6 Å². The molecule has 2 heterocycles. The van der Waals surface area contributed by atoms with Gasteiger partial charge in [-0.1, -0.05) is 60.2 Å². The maximum atomic E-state index is 13.5. The number of piperazine rings is 1. The first-order valence-electron chi connectivity index (χ1n) is 12.8. The number of amides is 3. The van der Waals surface area contributed by atoms with Crippen molar-refractivity contribution in [2.24, 2.45) is 0 Å². The lowest BCUT2D eigenvalue weighted by Gasteiger charge is -2.39. The van der Waals surface area contributed by atoms with Crippen LogP contribution in [0.5, 0.6) is 0 Å². The number of aryl methyl sites for hydroxylation is 1. The second-order valence-corrected chi connectivity index (χ2v) is 9.41. The Kier molecular flexibility index (Phi) is 7.73. The first-order chi connectivity index (χ1) is 19.0. The van der Waals surface area contributed by atoms with Crippen LogP contribution in [-0.4, -0.2) is 53.4 Å². The summed E-state index contributed by atoms with van der Waals surface area (Å²) in [5.41, 5.74) is 3.77. The van der Waals surface area contributed by atoms with E-state index in [0.29, 0.717) is 17.0 Å². The minimum atomic E-state index is -0.930. The lowest BCUT2D eigenvalue weighted by atomic mass is 10.1. The lowest BCUT2D eigenvalue weighted by Crippen LogP contribution is -2.60. The Hall–Kier alpha value is -4.85. The van der Waals surface area contributed by atoms with Crippen LogP contribution in [0, 0.1) is 6.92 Å². The van der Waals surface area contributed by atoms with E-state index in [1.165, 1.54) is 4.90 Å². The van der Waals surface area contributed by atoms with E-state index in [9.17, 15) is 14.4 Å². The third-order valence-corrected chi connectivity index (χ3v) is 6.64. The number of furan rings is 1. The number of nitrogens with zero attached hydrogens (tertiary/aromatic N) is 2. The van der Waals surface area contributed by atoms with E-state index < -0.39 is 18.0 Å². The average molecular weight is 524 g/mol. The topological polar surface area (TPSA) is 92.1 Å². The second kappa shape index (κ2) is 11.7. The van der Waals surface area contributed by atoms with Crippen LogP contribution in [0.15, 0.2) is 102 Å². The Balaban J connectivity index is 1.34. The fourth-order valence-corrected chi connectivity index (χ4v) is 4.51. The van der Waals surface area contributed by atoms with Gasteiger partial charge in [0, 0.05) is 29.9 Å². The van der Waals surface area contributed by atoms with Crippen LogP contribution in [0.2, 0.25) is 0 Å². The van der Waals surface area contributed by atoms with Gasteiger partial charge in [-0.2, -0.15) is 0 Å². The smallest absolute Gasteiger partial charge is 0.410 e. The zero-order valence-electron chi connectivity index (χ0n) is 21.6. The van der Waals surface area contributed by atoms with Gasteiger partial charge >= 0.3 is 6.09 Å². The van der Waals surface area contributed by atoms with Crippen molar-refractivity contribution in [1.29, 1.82) is 0 Å². The highest BCUT2D eigenvalue weighted by Gasteiger charge is 2.38. The van der Waals surface area contributed by atoms with Crippen molar-refractivity contribution in [2.45, 2.75) is 19.6 Å². The summed E-state index contributed by atoms with van der Waals surface area (Å²) in [5.74, 6) is 0.0391. The van der Waals surface area contributed by atoms with Gasteiger partial charge in [-0.15, -0.1) is 0 Å². The highest BCUT2D eigenvalue weighted by molar-refractivity contribution is 5.99. The number of benzene rings is 3. The Morgan fingerprint density at radius 3 is 2.46 bits per heavy atom. The Bertz CT molecular complexity index is 1430. The summed E-state index contributed by atoms with van der Waals surface area (Å²) in [6.45, 7) is 2.50. The molecule has 0 bridgehead atoms. The fourth-order valence-electron chi connectivity index (χ4n) is 4.51. The molecule has 1 unspecified atom stereocenters. The molecule has 198 valence electrons. The molecule has 1 atom stereocenters.